The van der Waals surface area contributed by atoms with E-state index in [4.69, 9.17) is 22.1 Å². The predicted octanol–water partition coefficient (Wildman–Crippen LogP) is 1.82. The molecule has 1 aromatic heterocycles. The molecule has 152 valence electrons. The molecule has 1 heterocycles. The first kappa shape index (κ1) is 28.1. The van der Waals surface area contributed by atoms with Crippen LogP contribution in [0, 0.1) is 6.42 Å². The van der Waals surface area contributed by atoms with E-state index in [-0.39, 0.29) is 74.9 Å². The van der Waals surface area contributed by atoms with Gasteiger partial charge in [-0.1, -0.05) is 11.6 Å². The number of esters is 1. The molecule has 0 fully saturated rings. The molecule has 29 heavy (non-hydrogen) atoms. The number of ether oxygens (including phenoxy) is 3. The summed E-state index contributed by atoms with van der Waals surface area (Å²) in [6.07, 6.45) is 3.94. The Balaban J connectivity index is 0.000000747. The van der Waals surface area contributed by atoms with Crippen LogP contribution in [0.3, 0.4) is 0 Å². The summed E-state index contributed by atoms with van der Waals surface area (Å²) in [6.45, 7) is 5.16. The quantitative estimate of drug-likeness (QED) is 0.420. The Morgan fingerprint density at radius 3 is 2.31 bits per heavy atom. The predicted molar refractivity (Wildman–Crippen MR) is 104 cm³/mol. The zero-order chi connectivity index (χ0) is 21.2. The average molecular weight is 541 g/mol. The second-order valence-corrected chi connectivity index (χ2v) is 6.76. The Labute approximate surface area is 234 Å². The van der Waals surface area contributed by atoms with E-state index in [0.29, 0.717) is 17.2 Å². The SMILES string of the molecule is CC(C)(C)OC([NH-])=O.COC(=O)[CH-]Cc1cc(Cl)ccc1Oc1ncccn1.[Cs+]. The van der Waals surface area contributed by atoms with Crippen molar-refractivity contribution in [2.24, 2.45) is 0 Å². The number of hydrogen-bond acceptors (Lipinski definition) is 7. The van der Waals surface area contributed by atoms with Crippen LogP contribution < -0.4 is 73.6 Å². The fourth-order valence-electron chi connectivity index (χ4n) is 1.80. The van der Waals surface area contributed by atoms with Gasteiger partial charge in [-0.05, 0) is 50.6 Å². The molecular formula is C19H22ClCsN3O5-. The Hall–Kier alpha value is -0.948. The number of benzene rings is 1. The molecule has 1 aromatic carbocycles. The van der Waals surface area contributed by atoms with Crippen LogP contribution >= 0.6 is 11.6 Å². The molecule has 2 rings (SSSR count). The van der Waals surface area contributed by atoms with Gasteiger partial charge in [-0.25, -0.2) is 9.97 Å². The molecule has 0 saturated carbocycles. The van der Waals surface area contributed by atoms with Gasteiger partial charge in [0.25, 0.3) is 0 Å². The maximum absolute atomic E-state index is 11.2. The third-order valence-electron chi connectivity index (χ3n) is 2.85. The Morgan fingerprint density at radius 2 is 1.83 bits per heavy atom. The average Bonchev–Trinajstić information content (AvgIpc) is 2.61. The topological polar surface area (TPSA) is 111 Å². The summed E-state index contributed by atoms with van der Waals surface area (Å²) >= 11 is 5.95. The molecule has 0 aliphatic heterocycles. The zero-order valence-corrected chi connectivity index (χ0v) is 24.1. The Morgan fingerprint density at radius 1 is 1.21 bits per heavy atom. The van der Waals surface area contributed by atoms with Gasteiger partial charge >= 0.3 is 74.9 Å². The molecule has 0 unspecified atom stereocenters. The Kier molecular flexibility index (Phi) is 13.7. The van der Waals surface area contributed by atoms with Gasteiger partial charge < -0.3 is 19.9 Å². The van der Waals surface area contributed by atoms with E-state index >= 15 is 0 Å². The third-order valence-corrected chi connectivity index (χ3v) is 3.09. The summed E-state index contributed by atoms with van der Waals surface area (Å²) in [5.74, 6) is 0.132. The first-order valence-electron chi connectivity index (χ1n) is 8.19. The summed E-state index contributed by atoms with van der Waals surface area (Å²) < 4.78 is 14.6. The van der Waals surface area contributed by atoms with Crippen molar-refractivity contribution in [2.45, 2.75) is 32.8 Å². The summed E-state index contributed by atoms with van der Waals surface area (Å²) in [5.41, 5.74) is 6.60. The molecule has 0 aliphatic carbocycles. The van der Waals surface area contributed by atoms with Gasteiger partial charge in [0.2, 0.25) is 6.09 Å². The van der Waals surface area contributed by atoms with Crippen molar-refractivity contribution in [2.75, 3.05) is 7.11 Å². The number of halogens is 1. The van der Waals surface area contributed by atoms with Crippen LogP contribution in [0.15, 0.2) is 36.7 Å². The van der Waals surface area contributed by atoms with E-state index in [1.54, 1.807) is 57.4 Å². The van der Waals surface area contributed by atoms with Crippen LogP contribution in [0.1, 0.15) is 26.3 Å². The molecule has 2 aromatic rings. The summed E-state index contributed by atoms with van der Waals surface area (Å²) in [5, 5.41) is 0.555. The minimum absolute atomic E-state index is 0. The number of carbonyl (C=O) groups excluding carboxylic acids is 2. The first-order chi connectivity index (χ1) is 13.1. The van der Waals surface area contributed by atoms with Crippen LogP contribution in [0.4, 0.5) is 4.79 Å². The molecule has 0 aliphatic rings. The smallest absolute Gasteiger partial charge is 0.632 e. The van der Waals surface area contributed by atoms with E-state index in [1.165, 1.54) is 13.5 Å². The normalized spacial score (nSPS) is 9.83. The maximum Gasteiger partial charge on any atom is 1.00 e. The van der Waals surface area contributed by atoms with Gasteiger partial charge in [-0.15, -0.1) is 6.42 Å². The minimum atomic E-state index is -0.975. The number of aromatic nitrogens is 2. The zero-order valence-electron chi connectivity index (χ0n) is 17.1. The number of hydrogen-bond donors (Lipinski definition) is 0. The maximum atomic E-state index is 11.2. The van der Waals surface area contributed by atoms with Gasteiger partial charge in [0.1, 0.15) is 11.4 Å². The molecular weight excluding hydrogens is 519 g/mol. The number of rotatable bonds is 5. The van der Waals surface area contributed by atoms with Gasteiger partial charge in [0, 0.05) is 17.4 Å². The molecule has 1 N–H and O–H groups in total. The van der Waals surface area contributed by atoms with E-state index in [1.807, 2.05) is 0 Å². The van der Waals surface area contributed by atoms with E-state index in [0.717, 1.165) is 5.56 Å². The van der Waals surface area contributed by atoms with Crippen LogP contribution in [-0.2, 0) is 20.7 Å². The van der Waals surface area contributed by atoms with Gasteiger partial charge in [-0.2, -0.15) is 0 Å². The van der Waals surface area contributed by atoms with E-state index < -0.39 is 17.7 Å². The molecule has 0 spiro atoms. The van der Waals surface area contributed by atoms with Gasteiger partial charge in [0.05, 0.1) is 7.11 Å². The van der Waals surface area contributed by atoms with Crippen molar-refractivity contribution in [3.63, 3.8) is 0 Å². The minimum Gasteiger partial charge on any atom is -0.632 e. The summed E-state index contributed by atoms with van der Waals surface area (Å²) in [4.78, 5) is 29.0. The molecule has 0 bridgehead atoms. The third kappa shape index (κ3) is 13.1. The molecule has 8 nitrogen and oxygen atoms in total. The van der Waals surface area contributed by atoms with Crippen molar-refractivity contribution in [1.29, 1.82) is 0 Å². The largest absolute Gasteiger partial charge is 1.00 e. The monoisotopic (exact) mass is 540 g/mol. The fraction of sp³-hybridized carbons (Fsp3) is 0.316. The van der Waals surface area contributed by atoms with Crippen LogP contribution in [0.25, 0.3) is 5.73 Å². The molecule has 0 atom stereocenters. The van der Waals surface area contributed by atoms with Crippen LogP contribution in [0.2, 0.25) is 5.02 Å². The number of nitrogens with one attached hydrogen (secondary N) is 1. The fourth-order valence-corrected chi connectivity index (χ4v) is 1.99. The first-order valence-corrected chi connectivity index (χ1v) is 8.57. The number of methoxy groups -OCH3 is 1. The molecule has 1 amide bonds. The summed E-state index contributed by atoms with van der Waals surface area (Å²) in [7, 11) is 1.33. The standard InChI is InChI=1S/C14H12ClN2O3.C5H11NO2.Cs/c1-19-13(18)6-3-10-9-11(15)4-5-12(10)20-14-16-7-2-8-17-14;1-5(2,3)8-4(6)7;/h2,4-9H,3H2,1H3;1-3H3,(H2,6,7);/q-1;;+1/p-1. The van der Waals surface area contributed by atoms with Gasteiger partial charge in [-0.3, -0.25) is 16.0 Å². The van der Waals surface area contributed by atoms with Crippen LogP contribution in [0.5, 0.6) is 11.8 Å². The summed E-state index contributed by atoms with van der Waals surface area (Å²) in [6, 6.07) is 7.05. The Bertz CT molecular complexity index is 785. The van der Waals surface area contributed by atoms with E-state index in [9.17, 15) is 9.59 Å². The number of nitrogens with zero attached hydrogens (tertiary/aromatic N) is 2. The van der Waals surface area contributed by atoms with Crippen molar-refractivity contribution in [3.05, 3.63) is 59.4 Å². The van der Waals surface area contributed by atoms with Crippen molar-refractivity contribution < 1.29 is 92.7 Å². The number of carbonyl (C=O) groups is 2. The molecule has 10 heteroatoms. The number of amides is 1. The molecule has 0 saturated heterocycles. The van der Waals surface area contributed by atoms with E-state index in [2.05, 4.69) is 19.4 Å². The second-order valence-electron chi connectivity index (χ2n) is 6.32. The van der Waals surface area contributed by atoms with Gasteiger partial charge in [0.15, 0.2) is 5.97 Å². The molecule has 0 radical (unpaired) electrons. The van der Waals surface area contributed by atoms with Crippen molar-refractivity contribution in [1.82, 2.24) is 9.97 Å². The van der Waals surface area contributed by atoms with Crippen molar-refractivity contribution in [3.8, 4) is 11.8 Å². The van der Waals surface area contributed by atoms with Crippen LogP contribution in [-0.4, -0.2) is 34.7 Å². The second kappa shape index (κ2) is 14.1. The van der Waals surface area contributed by atoms with Crippen molar-refractivity contribution >= 4 is 23.7 Å².